The lowest BCUT2D eigenvalue weighted by Crippen LogP contribution is -2.47. The summed E-state index contributed by atoms with van der Waals surface area (Å²) in [7, 11) is 1.95. The molecule has 0 spiro atoms. The second-order valence-electron chi connectivity index (χ2n) is 9.19. The van der Waals surface area contributed by atoms with E-state index in [1.54, 1.807) is 11.0 Å². The number of likely N-dealkylation sites (tertiary alicyclic amines) is 1. The molecule has 0 saturated carbocycles. The van der Waals surface area contributed by atoms with Gasteiger partial charge in [0.2, 0.25) is 0 Å². The van der Waals surface area contributed by atoms with Gasteiger partial charge in [-0.3, -0.25) is 0 Å². The Balaban J connectivity index is 1.71. The third-order valence-corrected chi connectivity index (χ3v) is 5.34. The van der Waals surface area contributed by atoms with Crippen molar-refractivity contribution in [1.29, 1.82) is 0 Å². The first-order valence-corrected chi connectivity index (χ1v) is 11.5. The normalized spacial score (nSPS) is 15.9. The number of carbonyl (C=O) groups is 1. The second-order valence-corrected chi connectivity index (χ2v) is 9.19. The zero-order valence-corrected chi connectivity index (χ0v) is 20.5. The number of piperidine rings is 1. The van der Waals surface area contributed by atoms with Crippen molar-refractivity contribution < 1.29 is 19.0 Å². The van der Waals surface area contributed by atoms with Crippen molar-refractivity contribution in [2.75, 3.05) is 33.4 Å². The van der Waals surface area contributed by atoms with Crippen molar-refractivity contribution in [3.8, 4) is 0 Å². The summed E-state index contributed by atoms with van der Waals surface area (Å²) in [6.07, 6.45) is 5.26. The Bertz CT molecular complexity index is 781. The van der Waals surface area contributed by atoms with E-state index >= 15 is 0 Å². The third kappa shape index (κ3) is 9.65. The topological polar surface area (TPSA) is 103 Å². The molecular weight excluding hydrogens is 420 g/mol. The van der Waals surface area contributed by atoms with Gasteiger partial charge in [0, 0.05) is 44.9 Å². The van der Waals surface area contributed by atoms with Gasteiger partial charge in [0.05, 0.1) is 19.8 Å². The second kappa shape index (κ2) is 13.0. The maximum absolute atomic E-state index is 12.3. The lowest BCUT2D eigenvalue weighted by atomic mass is 10.0. The molecule has 0 unspecified atom stereocenters. The van der Waals surface area contributed by atoms with Crippen LogP contribution in [-0.4, -0.2) is 60.9 Å². The standard InChI is InChI=1S/C25H40N4O4/c1-25(2,3)33-24(30)29-13-11-21(12-14-29)28(4)23(27)17-22(18-26)32-16-8-15-31-19-20-9-6-5-7-10-20/h5-7,9-10,17-18,21H,8,11-16,19,26-27H2,1-4H3/b22-18+,23-17+. The third-order valence-electron chi connectivity index (χ3n) is 5.34. The molecule has 1 aromatic rings. The van der Waals surface area contributed by atoms with Gasteiger partial charge in [-0.05, 0) is 39.2 Å². The molecule has 8 heteroatoms. The van der Waals surface area contributed by atoms with E-state index in [2.05, 4.69) is 0 Å². The Kier molecular flexibility index (Phi) is 10.4. The molecule has 1 aromatic carbocycles. The number of hydrogen-bond acceptors (Lipinski definition) is 7. The number of benzene rings is 1. The van der Waals surface area contributed by atoms with E-state index in [0.717, 1.165) is 24.8 Å². The van der Waals surface area contributed by atoms with Gasteiger partial charge in [0.1, 0.15) is 17.2 Å². The van der Waals surface area contributed by atoms with Crippen LogP contribution >= 0.6 is 0 Å². The zero-order valence-electron chi connectivity index (χ0n) is 20.5. The van der Waals surface area contributed by atoms with E-state index in [0.29, 0.717) is 44.5 Å². The van der Waals surface area contributed by atoms with E-state index in [1.165, 1.54) is 6.20 Å². The summed E-state index contributed by atoms with van der Waals surface area (Å²) in [5.41, 5.74) is 12.7. The van der Waals surface area contributed by atoms with Crippen molar-refractivity contribution in [2.24, 2.45) is 11.5 Å². The van der Waals surface area contributed by atoms with E-state index in [9.17, 15) is 4.79 Å². The number of carbonyl (C=O) groups excluding carboxylic acids is 1. The van der Waals surface area contributed by atoms with Crippen LogP contribution in [0.15, 0.2) is 54.2 Å². The van der Waals surface area contributed by atoms with Crippen molar-refractivity contribution in [2.45, 2.75) is 58.3 Å². The maximum Gasteiger partial charge on any atom is 0.410 e. The molecule has 0 atom stereocenters. The van der Waals surface area contributed by atoms with Crippen molar-refractivity contribution in [1.82, 2.24) is 9.80 Å². The highest BCUT2D eigenvalue weighted by Crippen LogP contribution is 2.20. The Hall–Kier alpha value is -2.87. The van der Waals surface area contributed by atoms with Crippen molar-refractivity contribution in [3.63, 3.8) is 0 Å². The first-order chi connectivity index (χ1) is 15.7. The van der Waals surface area contributed by atoms with Crippen molar-refractivity contribution in [3.05, 3.63) is 59.8 Å². The molecule has 1 fully saturated rings. The summed E-state index contributed by atoms with van der Waals surface area (Å²) in [6, 6.07) is 10.3. The first-order valence-electron chi connectivity index (χ1n) is 11.5. The van der Waals surface area contributed by atoms with Crippen LogP contribution in [0.2, 0.25) is 0 Å². The predicted octanol–water partition coefficient (Wildman–Crippen LogP) is 3.54. The Morgan fingerprint density at radius 2 is 1.85 bits per heavy atom. The molecule has 1 heterocycles. The van der Waals surface area contributed by atoms with Gasteiger partial charge in [-0.1, -0.05) is 30.3 Å². The highest BCUT2D eigenvalue weighted by atomic mass is 16.6. The van der Waals surface area contributed by atoms with Crippen molar-refractivity contribution >= 4 is 6.09 Å². The highest BCUT2D eigenvalue weighted by Gasteiger charge is 2.28. The van der Waals surface area contributed by atoms with Crippen LogP contribution in [0.1, 0.15) is 45.6 Å². The van der Waals surface area contributed by atoms with E-state index < -0.39 is 5.60 Å². The molecule has 2 rings (SSSR count). The molecule has 0 radical (unpaired) electrons. The van der Waals surface area contributed by atoms with Gasteiger partial charge in [-0.2, -0.15) is 0 Å². The fourth-order valence-corrected chi connectivity index (χ4v) is 3.47. The lowest BCUT2D eigenvalue weighted by molar-refractivity contribution is 0.0169. The van der Waals surface area contributed by atoms with Gasteiger partial charge >= 0.3 is 6.09 Å². The molecule has 33 heavy (non-hydrogen) atoms. The molecule has 184 valence electrons. The molecular formula is C25H40N4O4. The van der Waals surface area contributed by atoms with Crippen LogP contribution in [0, 0.1) is 0 Å². The Morgan fingerprint density at radius 3 is 2.45 bits per heavy atom. The fourth-order valence-electron chi connectivity index (χ4n) is 3.47. The average molecular weight is 461 g/mol. The van der Waals surface area contributed by atoms with Gasteiger partial charge in [-0.15, -0.1) is 0 Å². The molecule has 1 amide bonds. The number of nitrogens with two attached hydrogens (primary N) is 2. The van der Waals surface area contributed by atoms with Crippen LogP contribution in [0.4, 0.5) is 4.79 Å². The summed E-state index contributed by atoms with van der Waals surface area (Å²) >= 11 is 0. The van der Waals surface area contributed by atoms with Gasteiger partial charge < -0.3 is 35.5 Å². The predicted molar refractivity (Wildman–Crippen MR) is 130 cm³/mol. The van der Waals surface area contributed by atoms with E-state index in [1.807, 2.05) is 63.1 Å². The van der Waals surface area contributed by atoms with Crippen LogP contribution in [0.5, 0.6) is 0 Å². The smallest absolute Gasteiger partial charge is 0.410 e. The molecule has 1 saturated heterocycles. The monoisotopic (exact) mass is 460 g/mol. The van der Waals surface area contributed by atoms with Gasteiger partial charge in [0.15, 0.2) is 0 Å². The SMILES string of the molecule is CN(/C(N)=C/C(=C\N)OCCCOCc1ccccc1)C1CCN(C(=O)OC(C)(C)C)CC1. The fraction of sp³-hybridized carbons (Fsp3) is 0.560. The molecule has 0 bridgehead atoms. The Labute approximate surface area is 198 Å². The van der Waals surface area contributed by atoms with Crippen LogP contribution in [0.3, 0.4) is 0 Å². The Morgan fingerprint density at radius 1 is 1.18 bits per heavy atom. The highest BCUT2D eigenvalue weighted by molar-refractivity contribution is 5.68. The average Bonchev–Trinajstić information content (AvgIpc) is 2.79. The summed E-state index contributed by atoms with van der Waals surface area (Å²) in [4.78, 5) is 16.0. The minimum Gasteiger partial charge on any atom is -0.492 e. The molecule has 4 N–H and O–H groups in total. The molecule has 1 aliphatic heterocycles. The largest absolute Gasteiger partial charge is 0.492 e. The van der Waals surface area contributed by atoms with E-state index in [4.69, 9.17) is 25.7 Å². The minimum absolute atomic E-state index is 0.227. The molecule has 0 aromatic heterocycles. The first kappa shape index (κ1) is 26.4. The van der Waals surface area contributed by atoms with Crippen LogP contribution in [0.25, 0.3) is 0 Å². The zero-order chi connectivity index (χ0) is 24.3. The van der Waals surface area contributed by atoms with Gasteiger partial charge in [0.25, 0.3) is 0 Å². The molecule has 0 aliphatic carbocycles. The maximum atomic E-state index is 12.3. The number of allylic oxidation sites excluding steroid dienone is 1. The summed E-state index contributed by atoms with van der Waals surface area (Å²) < 4.78 is 16.9. The number of rotatable bonds is 10. The molecule has 1 aliphatic rings. The quantitative estimate of drug-likeness (QED) is 0.313. The number of nitrogens with zero attached hydrogens (tertiary/aromatic N) is 2. The van der Waals surface area contributed by atoms with E-state index in [-0.39, 0.29) is 12.1 Å². The van der Waals surface area contributed by atoms with Crippen LogP contribution in [-0.2, 0) is 20.8 Å². The minimum atomic E-state index is -0.489. The summed E-state index contributed by atoms with van der Waals surface area (Å²) in [6.45, 7) is 8.57. The summed E-state index contributed by atoms with van der Waals surface area (Å²) in [5, 5.41) is 0. The lowest BCUT2D eigenvalue weighted by Gasteiger charge is -2.38. The molecule has 8 nitrogen and oxygen atoms in total. The van der Waals surface area contributed by atoms with Gasteiger partial charge in [-0.25, -0.2) is 4.79 Å². The summed E-state index contributed by atoms with van der Waals surface area (Å²) in [5.74, 6) is 1.09. The number of ether oxygens (including phenoxy) is 3. The van der Waals surface area contributed by atoms with Crippen LogP contribution < -0.4 is 11.5 Å². The number of hydrogen-bond donors (Lipinski definition) is 2. The number of amides is 1.